The third kappa shape index (κ3) is 2.01. The Morgan fingerprint density at radius 2 is 2.23 bits per heavy atom. The van der Waals surface area contributed by atoms with Gasteiger partial charge in [0, 0.05) is 17.2 Å². The molecule has 0 fully saturated rings. The molecule has 0 saturated carbocycles. The van der Waals surface area contributed by atoms with Crippen LogP contribution in [0.5, 0.6) is 5.75 Å². The first kappa shape index (κ1) is 9.63. The highest BCUT2D eigenvalue weighted by Crippen LogP contribution is 2.24. The summed E-state index contributed by atoms with van der Waals surface area (Å²) in [5.74, 6) is 3.30. The molecule has 13 heavy (non-hydrogen) atoms. The molecule has 0 aliphatic heterocycles. The number of hydrogen-bond donors (Lipinski definition) is 1. The van der Waals surface area contributed by atoms with Crippen LogP contribution in [0.15, 0.2) is 18.2 Å². The Kier molecular flexibility index (Phi) is 2.94. The van der Waals surface area contributed by atoms with Gasteiger partial charge in [-0.25, -0.2) is 0 Å². The smallest absolute Gasteiger partial charge is 0.124 e. The van der Waals surface area contributed by atoms with Gasteiger partial charge in [0.2, 0.25) is 0 Å². The maximum Gasteiger partial charge on any atom is 0.124 e. The van der Waals surface area contributed by atoms with Crippen molar-refractivity contribution in [3.05, 3.63) is 29.3 Å². The van der Waals surface area contributed by atoms with E-state index in [0.29, 0.717) is 0 Å². The van der Waals surface area contributed by atoms with Crippen molar-refractivity contribution in [2.75, 3.05) is 7.11 Å². The van der Waals surface area contributed by atoms with Gasteiger partial charge < -0.3 is 10.5 Å². The van der Waals surface area contributed by atoms with E-state index in [4.69, 9.17) is 16.9 Å². The fourth-order valence-electron chi connectivity index (χ4n) is 1.18. The SMILES string of the molecule is C#Cc1ccc([C@H](C)N)c(OC)c1. The van der Waals surface area contributed by atoms with Gasteiger partial charge in [0.05, 0.1) is 7.11 Å². The molecule has 2 heteroatoms. The molecule has 2 N–H and O–H groups in total. The summed E-state index contributed by atoms with van der Waals surface area (Å²) in [4.78, 5) is 0. The molecule has 1 aromatic carbocycles. The zero-order valence-electron chi connectivity index (χ0n) is 7.87. The van der Waals surface area contributed by atoms with Gasteiger partial charge in [-0.05, 0) is 19.1 Å². The lowest BCUT2D eigenvalue weighted by Crippen LogP contribution is -2.06. The van der Waals surface area contributed by atoms with Gasteiger partial charge in [0.15, 0.2) is 0 Å². The number of ether oxygens (including phenoxy) is 1. The van der Waals surface area contributed by atoms with E-state index >= 15 is 0 Å². The van der Waals surface area contributed by atoms with Crippen molar-refractivity contribution < 1.29 is 4.74 Å². The molecule has 1 atom stereocenters. The second kappa shape index (κ2) is 3.97. The predicted molar refractivity (Wildman–Crippen MR) is 53.5 cm³/mol. The number of rotatable bonds is 2. The normalized spacial score (nSPS) is 11.8. The Bertz CT molecular complexity index is 336. The van der Waals surface area contributed by atoms with Crippen LogP contribution < -0.4 is 10.5 Å². The van der Waals surface area contributed by atoms with E-state index in [1.165, 1.54) is 0 Å². The molecule has 2 nitrogen and oxygen atoms in total. The van der Waals surface area contributed by atoms with E-state index in [0.717, 1.165) is 16.9 Å². The van der Waals surface area contributed by atoms with Gasteiger partial charge in [0.1, 0.15) is 5.75 Å². The van der Waals surface area contributed by atoms with Gasteiger partial charge in [-0.1, -0.05) is 12.0 Å². The average molecular weight is 175 g/mol. The molecule has 0 amide bonds. The zero-order valence-corrected chi connectivity index (χ0v) is 7.87. The molecule has 0 aliphatic rings. The molecule has 68 valence electrons. The fourth-order valence-corrected chi connectivity index (χ4v) is 1.18. The molecule has 1 rings (SSSR count). The third-order valence-corrected chi connectivity index (χ3v) is 1.89. The Balaban J connectivity index is 3.17. The summed E-state index contributed by atoms with van der Waals surface area (Å²) >= 11 is 0. The molecular weight excluding hydrogens is 162 g/mol. The predicted octanol–water partition coefficient (Wildman–Crippen LogP) is 1.70. The van der Waals surface area contributed by atoms with Crippen molar-refractivity contribution >= 4 is 0 Å². The summed E-state index contributed by atoms with van der Waals surface area (Å²) in [5.41, 5.74) is 7.53. The lowest BCUT2D eigenvalue weighted by atomic mass is 10.1. The molecule has 0 heterocycles. The van der Waals surface area contributed by atoms with Crippen LogP contribution in [-0.2, 0) is 0 Å². The largest absolute Gasteiger partial charge is 0.496 e. The van der Waals surface area contributed by atoms with Crippen LogP contribution in [0, 0.1) is 12.3 Å². The van der Waals surface area contributed by atoms with Crippen LogP contribution >= 0.6 is 0 Å². The van der Waals surface area contributed by atoms with Gasteiger partial charge in [-0.3, -0.25) is 0 Å². The molecule has 1 aromatic rings. The van der Waals surface area contributed by atoms with Crippen LogP contribution in [0.3, 0.4) is 0 Å². The molecule has 0 radical (unpaired) electrons. The summed E-state index contributed by atoms with van der Waals surface area (Å²) in [7, 11) is 1.61. The van der Waals surface area contributed by atoms with Crippen molar-refractivity contribution in [1.82, 2.24) is 0 Å². The highest BCUT2D eigenvalue weighted by molar-refractivity contribution is 5.44. The molecule has 0 spiro atoms. The number of methoxy groups -OCH3 is 1. The Hall–Kier alpha value is -1.46. The third-order valence-electron chi connectivity index (χ3n) is 1.89. The highest BCUT2D eigenvalue weighted by atomic mass is 16.5. The molecule has 0 saturated heterocycles. The standard InChI is InChI=1S/C11H13NO/c1-4-9-5-6-10(8(2)12)11(7-9)13-3/h1,5-8H,12H2,2-3H3/t8-/m0/s1. The maximum atomic E-state index is 5.75. The first-order chi connectivity index (χ1) is 6.19. The fraction of sp³-hybridized carbons (Fsp3) is 0.273. The summed E-state index contributed by atoms with van der Waals surface area (Å²) in [6.45, 7) is 1.91. The summed E-state index contributed by atoms with van der Waals surface area (Å²) in [6, 6.07) is 5.54. The van der Waals surface area contributed by atoms with Gasteiger partial charge in [-0.2, -0.15) is 0 Å². The van der Waals surface area contributed by atoms with E-state index in [9.17, 15) is 0 Å². The van der Waals surface area contributed by atoms with Crippen molar-refractivity contribution in [2.24, 2.45) is 5.73 Å². The van der Waals surface area contributed by atoms with Gasteiger partial charge in [0.25, 0.3) is 0 Å². The van der Waals surface area contributed by atoms with E-state index in [1.54, 1.807) is 7.11 Å². The van der Waals surface area contributed by atoms with Crippen LogP contribution in [0.25, 0.3) is 0 Å². The Morgan fingerprint density at radius 1 is 1.54 bits per heavy atom. The minimum Gasteiger partial charge on any atom is -0.496 e. The van der Waals surface area contributed by atoms with Crippen molar-refractivity contribution in [1.29, 1.82) is 0 Å². The minimum absolute atomic E-state index is 0.0400. The first-order valence-corrected chi connectivity index (χ1v) is 4.09. The maximum absolute atomic E-state index is 5.75. The van der Waals surface area contributed by atoms with Crippen LogP contribution in [0.1, 0.15) is 24.1 Å². The lowest BCUT2D eigenvalue weighted by molar-refractivity contribution is 0.407. The molecule has 0 aliphatic carbocycles. The van der Waals surface area contributed by atoms with Gasteiger partial charge >= 0.3 is 0 Å². The monoisotopic (exact) mass is 175 g/mol. The van der Waals surface area contributed by atoms with Crippen molar-refractivity contribution in [3.63, 3.8) is 0 Å². The van der Waals surface area contributed by atoms with Crippen molar-refractivity contribution in [3.8, 4) is 18.1 Å². The second-order valence-electron chi connectivity index (χ2n) is 2.89. The quantitative estimate of drug-likeness (QED) is 0.694. The molecule has 0 unspecified atom stereocenters. The zero-order chi connectivity index (χ0) is 9.84. The number of hydrogen-bond acceptors (Lipinski definition) is 2. The minimum atomic E-state index is -0.0400. The first-order valence-electron chi connectivity index (χ1n) is 4.09. The molecular formula is C11H13NO. The van der Waals surface area contributed by atoms with Gasteiger partial charge in [-0.15, -0.1) is 6.42 Å². The van der Waals surface area contributed by atoms with Crippen LogP contribution in [0.2, 0.25) is 0 Å². The van der Waals surface area contributed by atoms with E-state index in [2.05, 4.69) is 5.92 Å². The highest BCUT2D eigenvalue weighted by Gasteiger charge is 2.06. The second-order valence-corrected chi connectivity index (χ2v) is 2.89. The Morgan fingerprint density at radius 3 is 2.69 bits per heavy atom. The topological polar surface area (TPSA) is 35.2 Å². The average Bonchev–Trinajstić information content (AvgIpc) is 2.16. The molecule has 0 aromatic heterocycles. The van der Waals surface area contributed by atoms with Crippen LogP contribution in [0.4, 0.5) is 0 Å². The van der Waals surface area contributed by atoms with E-state index in [-0.39, 0.29) is 6.04 Å². The number of benzene rings is 1. The van der Waals surface area contributed by atoms with Crippen LogP contribution in [-0.4, -0.2) is 7.11 Å². The summed E-state index contributed by atoms with van der Waals surface area (Å²) in [5, 5.41) is 0. The number of nitrogens with two attached hydrogens (primary N) is 1. The summed E-state index contributed by atoms with van der Waals surface area (Å²) in [6.07, 6.45) is 5.26. The lowest BCUT2D eigenvalue weighted by Gasteiger charge is -2.11. The van der Waals surface area contributed by atoms with E-state index < -0.39 is 0 Å². The summed E-state index contributed by atoms with van der Waals surface area (Å²) < 4.78 is 5.17. The van der Waals surface area contributed by atoms with E-state index in [1.807, 2.05) is 25.1 Å². The van der Waals surface area contributed by atoms with Crippen molar-refractivity contribution in [2.45, 2.75) is 13.0 Å². The number of terminal acetylenes is 1. The molecule has 0 bridgehead atoms. The Labute approximate surface area is 78.7 Å².